The molecule has 1 aliphatic heterocycles. The van der Waals surface area contributed by atoms with Gasteiger partial charge in [0.15, 0.2) is 5.69 Å². The van der Waals surface area contributed by atoms with Gasteiger partial charge in [-0.25, -0.2) is 10.3 Å². The number of carbonyl (C=O) groups excluding carboxylic acids is 3. The number of benzene rings is 4. The zero-order chi connectivity index (χ0) is 35.5. The summed E-state index contributed by atoms with van der Waals surface area (Å²) in [4.78, 5) is 53.7. The van der Waals surface area contributed by atoms with Crippen molar-refractivity contribution in [2.45, 2.75) is 38.3 Å². The predicted molar refractivity (Wildman–Crippen MR) is 186 cm³/mol. The molecule has 4 aromatic rings. The van der Waals surface area contributed by atoms with Gasteiger partial charge in [-0.15, -0.1) is 0 Å². The molecule has 4 aromatic carbocycles. The zero-order valence-electron chi connectivity index (χ0n) is 27.7. The molecule has 0 spiro atoms. The quantitative estimate of drug-likeness (QED) is 0.0373. The number of hydrogen-bond donors (Lipinski definition) is 2. The first kappa shape index (κ1) is 35.2. The van der Waals surface area contributed by atoms with Gasteiger partial charge in [-0.2, -0.15) is 10.1 Å². The molecule has 0 bridgehead atoms. The number of nitrogens with zero attached hydrogens (tertiary/aromatic N) is 3. The number of hydrazone groups is 1. The molecule has 13 heteroatoms. The van der Waals surface area contributed by atoms with Gasteiger partial charge in [0.25, 0.3) is 5.91 Å². The van der Waals surface area contributed by atoms with Gasteiger partial charge in [0.1, 0.15) is 17.1 Å². The second kappa shape index (κ2) is 16.3. The van der Waals surface area contributed by atoms with Crippen LogP contribution < -0.4 is 20.3 Å². The Morgan fingerprint density at radius 1 is 0.920 bits per heavy atom. The number of hydrogen-bond acceptors (Lipinski definition) is 11. The van der Waals surface area contributed by atoms with Crippen LogP contribution in [0.1, 0.15) is 51.6 Å². The van der Waals surface area contributed by atoms with Crippen molar-refractivity contribution in [2.24, 2.45) is 5.10 Å². The molecule has 1 unspecified atom stereocenters. The van der Waals surface area contributed by atoms with E-state index in [1.807, 2.05) is 30.3 Å². The average molecular weight is 680 g/mol. The van der Waals surface area contributed by atoms with Crippen LogP contribution in [0, 0.1) is 10.1 Å². The molecule has 1 amide bonds. The summed E-state index contributed by atoms with van der Waals surface area (Å²) >= 11 is 0. The van der Waals surface area contributed by atoms with E-state index in [2.05, 4.69) is 16.0 Å². The summed E-state index contributed by atoms with van der Waals surface area (Å²) in [5, 5.41) is 20.7. The first-order valence-electron chi connectivity index (χ1n) is 16.1. The molecule has 1 aliphatic rings. The molecule has 13 nitrogen and oxygen atoms in total. The lowest BCUT2D eigenvalue weighted by atomic mass is 9.88. The van der Waals surface area contributed by atoms with Crippen LogP contribution in [0.15, 0.2) is 102 Å². The number of unbranched alkanes of at least 4 members (excludes halogenated alkanes) is 1. The van der Waals surface area contributed by atoms with Crippen LogP contribution in [-0.2, 0) is 22.5 Å². The highest BCUT2D eigenvalue weighted by atomic mass is 16.6. The van der Waals surface area contributed by atoms with Crippen LogP contribution in [0.3, 0.4) is 0 Å². The summed E-state index contributed by atoms with van der Waals surface area (Å²) in [5.41, 5.74) is 0.998. The maximum absolute atomic E-state index is 14.6. The predicted octanol–water partition coefficient (Wildman–Crippen LogP) is 5.75. The van der Waals surface area contributed by atoms with E-state index in [9.17, 15) is 24.5 Å². The second-order valence-electron chi connectivity index (χ2n) is 11.3. The lowest BCUT2D eigenvalue weighted by Crippen LogP contribution is -2.61. The normalized spacial score (nSPS) is 15.2. The Morgan fingerprint density at radius 2 is 1.62 bits per heavy atom. The number of anilines is 1. The molecule has 5 rings (SSSR count). The highest BCUT2D eigenvalue weighted by molar-refractivity contribution is 6.29. The van der Waals surface area contributed by atoms with Gasteiger partial charge in [-0.05, 0) is 73.7 Å². The Bertz CT molecular complexity index is 1850. The number of amides is 1. The Morgan fingerprint density at radius 3 is 2.28 bits per heavy atom. The number of methoxy groups -OCH3 is 1. The molecule has 0 saturated heterocycles. The molecule has 1 heterocycles. The van der Waals surface area contributed by atoms with Gasteiger partial charge in [-0.1, -0.05) is 60.7 Å². The lowest BCUT2D eigenvalue weighted by Gasteiger charge is -2.32. The lowest BCUT2D eigenvalue weighted by molar-refractivity contribution is -0.384. The Hall–Kier alpha value is -6.08. The van der Waals surface area contributed by atoms with Crippen LogP contribution in [0.4, 0.5) is 11.4 Å². The number of hydrazine groups is 1. The minimum atomic E-state index is -2.23. The number of esters is 1. The van der Waals surface area contributed by atoms with Gasteiger partial charge >= 0.3 is 11.7 Å². The standard InChI is InChI=1S/C37H37N5O8/c1-3-49-36(45)37(25-38-40-41(37)24-27-17-19-29(48-2)20-18-27)34(43)30-21-22-31(50-23-11-10-14-26-12-6-4-7-13-26)32(33(30)42(46)47)39-35(44)28-15-8-5-9-16-28/h4-9,12-13,15-22,25,40H,3,10-11,14,23-24H2,1-2H3,(H,39,44). The Balaban J connectivity index is 1.52. The maximum Gasteiger partial charge on any atom is 0.342 e. The molecule has 0 aliphatic carbocycles. The summed E-state index contributed by atoms with van der Waals surface area (Å²) in [7, 11) is 1.53. The number of nitrogens with one attached hydrogen (secondary N) is 2. The molecular formula is C37H37N5O8. The van der Waals surface area contributed by atoms with Crippen molar-refractivity contribution in [3.05, 3.63) is 129 Å². The van der Waals surface area contributed by atoms with Crippen LogP contribution in [-0.4, -0.2) is 59.7 Å². The number of ketones is 1. The molecule has 0 fully saturated rings. The maximum atomic E-state index is 14.6. The molecule has 0 saturated carbocycles. The second-order valence-corrected chi connectivity index (χ2v) is 11.3. The van der Waals surface area contributed by atoms with Crippen molar-refractivity contribution in [3.63, 3.8) is 0 Å². The van der Waals surface area contributed by atoms with Crippen LogP contribution in [0.2, 0.25) is 0 Å². The van der Waals surface area contributed by atoms with Crippen LogP contribution in [0.25, 0.3) is 0 Å². The molecular weight excluding hydrogens is 642 g/mol. The summed E-state index contributed by atoms with van der Waals surface area (Å²) in [5.74, 6) is -2.04. The third-order valence-electron chi connectivity index (χ3n) is 8.09. The highest BCUT2D eigenvalue weighted by Crippen LogP contribution is 2.41. The Kier molecular flexibility index (Phi) is 11.5. The van der Waals surface area contributed by atoms with E-state index < -0.39 is 39.4 Å². The molecule has 0 radical (unpaired) electrons. The first-order chi connectivity index (χ1) is 24.3. The van der Waals surface area contributed by atoms with Crippen molar-refractivity contribution in [3.8, 4) is 11.5 Å². The number of aryl methyl sites for hydroxylation is 1. The van der Waals surface area contributed by atoms with Crippen LogP contribution in [0.5, 0.6) is 11.5 Å². The van der Waals surface area contributed by atoms with Crippen molar-refractivity contribution >= 4 is 35.2 Å². The largest absolute Gasteiger partial charge is 0.497 e. The Labute approximate surface area is 289 Å². The number of rotatable bonds is 16. The van der Waals surface area contributed by atoms with Gasteiger partial charge < -0.3 is 19.5 Å². The van der Waals surface area contributed by atoms with E-state index in [-0.39, 0.29) is 36.8 Å². The third kappa shape index (κ3) is 7.79. The fraction of sp³-hybridized carbons (Fsp3) is 0.243. The molecule has 0 aromatic heterocycles. The van der Waals surface area contributed by atoms with Crippen molar-refractivity contribution in [2.75, 3.05) is 25.6 Å². The first-order valence-corrected chi connectivity index (χ1v) is 16.1. The summed E-state index contributed by atoms with van der Waals surface area (Å²) in [6, 6.07) is 27.6. The number of nitro benzene ring substituents is 1. The zero-order valence-corrected chi connectivity index (χ0v) is 27.7. The fourth-order valence-electron chi connectivity index (χ4n) is 5.52. The number of ether oxygens (including phenoxy) is 3. The topological polar surface area (TPSA) is 162 Å². The van der Waals surface area contributed by atoms with Gasteiger partial charge in [-0.3, -0.25) is 19.7 Å². The van der Waals surface area contributed by atoms with Gasteiger partial charge in [0.05, 0.1) is 31.5 Å². The summed E-state index contributed by atoms with van der Waals surface area (Å²) in [6.45, 7) is 1.67. The monoisotopic (exact) mass is 679 g/mol. The van der Waals surface area contributed by atoms with Crippen LogP contribution >= 0.6 is 0 Å². The highest BCUT2D eigenvalue weighted by Gasteiger charge is 2.56. The minimum Gasteiger partial charge on any atom is -0.497 e. The fourth-order valence-corrected chi connectivity index (χ4v) is 5.52. The molecule has 1 atom stereocenters. The minimum absolute atomic E-state index is 0.00395. The molecule has 258 valence electrons. The number of Topliss-reactive ketones (excluding diaryl/α,β-unsaturated/α-hetero) is 1. The molecule has 50 heavy (non-hydrogen) atoms. The van der Waals surface area contributed by atoms with Crippen molar-refractivity contribution in [1.82, 2.24) is 10.5 Å². The number of carbonyl (C=O) groups is 3. The van der Waals surface area contributed by atoms with E-state index in [1.54, 1.807) is 61.5 Å². The van der Waals surface area contributed by atoms with E-state index in [1.165, 1.54) is 29.8 Å². The third-order valence-corrected chi connectivity index (χ3v) is 8.09. The van der Waals surface area contributed by atoms with E-state index in [0.29, 0.717) is 17.7 Å². The van der Waals surface area contributed by atoms with Crippen molar-refractivity contribution < 1.29 is 33.5 Å². The molecule has 2 N–H and O–H groups in total. The van der Waals surface area contributed by atoms with Gasteiger partial charge in [0, 0.05) is 12.1 Å². The van der Waals surface area contributed by atoms with E-state index in [0.717, 1.165) is 19.1 Å². The van der Waals surface area contributed by atoms with Crippen molar-refractivity contribution in [1.29, 1.82) is 0 Å². The van der Waals surface area contributed by atoms with E-state index >= 15 is 0 Å². The number of nitro groups is 1. The SMILES string of the molecule is CCOC(=O)C1(C(=O)c2ccc(OCCCCc3ccccc3)c(NC(=O)c3ccccc3)c2[N+](=O)[O-])C=NNN1Cc1ccc(OC)cc1. The smallest absolute Gasteiger partial charge is 0.342 e. The summed E-state index contributed by atoms with van der Waals surface area (Å²) < 4.78 is 16.6. The summed E-state index contributed by atoms with van der Waals surface area (Å²) in [6.07, 6.45) is 3.28. The average Bonchev–Trinajstić information content (AvgIpc) is 3.56. The van der Waals surface area contributed by atoms with E-state index in [4.69, 9.17) is 14.2 Å². The van der Waals surface area contributed by atoms with Gasteiger partial charge in [0.2, 0.25) is 11.3 Å².